The molecule has 1 heterocycles. The summed E-state index contributed by atoms with van der Waals surface area (Å²) in [5.41, 5.74) is 1.98. The van der Waals surface area contributed by atoms with Gasteiger partial charge < -0.3 is 15.4 Å². The van der Waals surface area contributed by atoms with Gasteiger partial charge in [0.15, 0.2) is 5.78 Å². The first-order chi connectivity index (χ1) is 14.4. The van der Waals surface area contributed by atoms with Crippen molar-refractivity contribution in [2.75, 3.05) is 0 Å². The molecule has 3 N–H and O–H groups in total. The monoisotopic (exact) mass is 441 g/mol. The average molecular weight is 442 g/mol. The first-order valence-corrected chi connectivity index (χ1v) is 10.8. The molecule has 3 aromatic rings. The molecule has 0 saturated carbocycles. The van der Waals surface area contributed by atoms with E-state index in [9.17, 15) is 19.6 Å². The third-order valence-corrected chi connectivity index (χ3v) is 5.74. The highest BCUT2D eigenvalue weighted by Gasteiger charge is 2.31. The van der Waals surface area contributed by atoms with Crippen molar-refractivity contribution in [1.29, 1.82) is 0 Å². The number of hydrogen-bond donors (Lipinski definition) is 3. The van der Waals surface area contributed by atoms with E-state index in [-0.39, 0.29) is 18.6 Å². The van der Waals surface area contributed by atoms with E-state index in [4.69, 9.17) is 11.6 Å². The van der Waals surface area contributed by atoms with E-state index in [0.717, 1.165) is 5.56 Å². The Hall–Kier alpha value is -2.45. The van der Waals surface area contributed by atoms with Crippen molar-refractivity contribution in [2.45, 2.75) is 24.7 Å². The van der Waals surface area contributed by atoms with Gasteiger partial charge in [-0.2, -0.15) is 11.3 Å². The lowest BCUT2D eigenvalue weighted by Crippen LogP contribution is -2.49. The van der Waals surface area contributed by atoms with E-state index in [1.807, 2.05) is 22.9 Å². The lowest BCUT2D eigenvalue weighted by atomic mass is 9.75. The van der Waals surface area contributed by atoms with Crippen LogP contribution in [-0.2, 0) is 11.2 Å². The minimum Gasteiger partial charge on any atom is -0.426 e. The minimum atomic E-state index is -1.74. The van der Waals surface area contributed by atoms with Crippen molar-refractivity contribution in [3.8, 4) is 0 Å². The van der Waals surface area contributed by atoms with Crippen LogP contribution in [0.5, 0.6) is 0 Å². The van der Waals surface area contributed by atoms with Gasteiger partial charge in [0.25, 0.3) is 0 Å². The second-order valence-electron chi connectivity index (χ2n) is 6.97. The first kappa shape index (κ1) is 22.2. The SMILES string of the molecule is O=C(C[C@@H](C(=O)N[C@@H](Cc1ccsc1)B(O)O)c1cccc(Cl)c1)c1ccccc1. The predicted octanol–water partition coefficient (Wildman–Crippen LogP) is 3.50. The van der Waals surface area contributed by atoms with Crippen molar-refractivity contribution < 1.29 is 19.6 Å². The smallest absolute Gasteiger partial charge is 0.426 e. The number of nitrogens with one attached hydrogen (secondary N) is 1. The third-order valence-electron chi connectivity index (χ3n) is 4.78. The zero-order valence-corrected chi connectivity index (χ0v) is 17.6. The molecule has 5 nitrogen and oxygen atoms in total. The number of amides is 1. The van der Waals surface area contributed by atoms with Crippen molar-refractivity contribution in [3.63, 3.8) is 0 Å². The van der Waals surface area contributed by atoms with Crippen molar-refractivity contribution in [2.24, 2.45) is 0 Å². The molecule has 2 atom stereocenters. The Balaban J connectivity index is 1.82. The number of benzene rings is 2. The summed E-state index contributed by atoms with van der Waals surface area (Å²) in [5.74, 6) is -2.37. The van der Waals surface area contributed by atoms with Crippen LogP contribution in [0.3, 0.4) is 0 Å². The number of carbonyl (C=O) groups excluding carboxylic acids is 2. The van der Waals surface area contributed by atoms with Gasteiger partial charge in [-0.15, -0.1) is 0 Å². The summed E-state index contributed by atoms with van der Waals surface area (Å²) in [6.45, 7) is 0. The zero-order valence-electron chi connectivity index (χ0n) is 16.1. The topological polar surface area (TPSA) is 86.6 Å². The number of ketones is 1. The summed E-state index contributed by atoms with van der Waals surface area (Å²) < 4.78 is 0. The van der Waals surface area contributed by atoms with Crippen LogP contribution in [0.15, 0.2) is 71.4 Å². The Morgan fingerprint density at radius 3 is 2.47 bits per heavy atom. The molecule has 30 heavy (non-hydrogen) atoms. The van der Waals surface area contributed by atoms with Crippen LogP contribution in [0, 0.1) is 0 Å². The van der Waals surface area contributed by atoms with E-state index < -0.39 is 24.9 Å². The highest BCUT2D eigenvalue weighted by molar-refractivity contribution is 7.07. The van der Waals surface area contributed by atoms with E-state index >= 15 is 0 Å². The van der Waals surface area contributed by atoms with E-state index in [2.05, 4.69) is 5.32 Å². The Morgan fingerprint density at radius 1 is 1.07 bits per heavy atom. The molecule has 1 amide bonds. The van der Waals surface area contributed by atoms with E-state index in [1.54, 1.807) is 48.5 Å². The Labute approximate surface area is 184 Å². The van der Waals surface area contributed by atoms with Crippen molar-refractivity contribution >= 4 is 41.7 Å². The van der Waals surface area contributed by atoms with Gasteiger partial charge >= 0.3 is 7.12 Å². The average Bonchev–Trinajstić information content (AvgIpc) is 3.25. The van der Waals surface area contributed by atoms with Crippen LogP contribution in [0.1, 0.15) is 33.8 Å². The molecule has 1 aromatic heterocycles. The molecule has 154 valence electrons. The summed E-state index contributed by atoms with van der Waals surface area (Å²) in [6.07, 6.45) is 0.199. The highest BCUT2D eigenvalue weighted by atomic mass is 35.5. The van der Waals surface area contributed by atoms with Gasteiger partial charge in [-0.05, 0) is 46.5 Å². The van der Waals surface area contributed by atoms with Gasteiger partial charge in [0.05, 0.1) is 11.9 Å². The molecule has 2 aromatic carbocycles. The fourth-order valence-electron chi connectivity index (χ4n) is 3.19. The van der Waals surface area contributed by atoms with Crippen LogP contribution < -0.4 is 5.32 Å². The fourth-order valence-corrected chi connectivity index (χ4v) is 4.07. The summed E-state index contributed by atoms with van der Waals surface area (Å²) in [5, 5.41) is 26.5. The van der Waals surface area contributed by atoms with Crippen LogP contribution >= 0.6 is 22.9 Å². The molecular formula is C22H21BClNO4S. The maximum Gasteiger partial charge on any atom is 0.475 e. The Bertz CT molecular complexity index is 982. The summed E-state index contributed by atoms with van der Waals surface area (Å²) in [6, 6.07) is 17.4. The van der Waals surface area contributed by atoms with Gasteiger partial charge in [-0.1, -0.05) is 54.1 Å². The predicted molar refractivity (Wildman–Crippen MR) is 120 cm³/mol. The van der Waals surface area contributed by atoms with Crippen LogP contribution in [-0.4, -0.2) is 34.8 Å². The first-order valence-electron chi connectivity index (χ1n) is 9.45. The number of Topliss-reactive ketones (excluding diaryl/α,β-unsaturated/α-hetero) is 1. The molecule has 8 heteroatoms. The lowest BCUT2D eigenvalue weighted by Gasteiger charge is -2.22. The van der Waals surface area contributed by atoms with Crippen molar-refractivity contribution in [1.82, 2.24) is 5.32 Å². The Kier molecular flexibility index (Phi) is 7.82. The molecule has 0 fully saturated rings. The molecule has 3 rings (SSSR count). The largest absolute Gasteiger partial charge is 0.475 e. The molecule has 0 radical (unpaired) electrons. The molecule has 0 spiro atoms. The van der Waals surface area contributed by atoms with Gasteiger partial charge in [0.2, 0.25) is 5.91 Å². The normalized spacial score (nSPS) is 12.8. The number of thiophene rings is 1. The summed E-state index contributed by atoms with van der Waals surface area (Å²) >= 11 is 7.59. The highest BCUT2D eigenvalue weighted by Crippen LogP contribution is 2.25. The molecule has 0 aliphatic heterocycles. The number of hydrogen-bond acceptors (Lipinski definition) is 5. The van der Waals surface area contributed by atoms with Crippen LogP contribution in [0.25, 0.3) is 0 Å². The molecule has 0 aliphatic carbocycles. The molecule has 0 unspecified atom stereocenters. The van der Waals surface area contributed by atoms with E-state index in [0.29, 0.717) is 16.1 Å². The van der Waals surface area contributed by atoms with Crippen LogP contribution in [0.4, 0.5) is 0 Å². The lowest BCUT2D eigenvalue weighted by molar-refractivity contribution is -0.123. The van der Waals surface area contributed by atoms with Crippen molar-refractivity contribution in [3.05, 3.63) is 93.1 Å². The summed E-state index contributed by atoms with van der Waals surface area (Å²) in [7, 11) is -1.74. The maximum atomic E-state index is 13.1. The van der Waals surface area contributed by atoms with Gasteiger partial charge in [0.1, 0.15) is 0 Å². The third kappa shape index (κ3) is 6.03. The quantitative estimate of drug-likeness (QED) is 0.350. The second-order valence-corrected chi connectivity index (χ2v) is 8.18. The zero-order chi connectivity index (χ0) is 21.5. The minimum absolute atomic E-state index is 0.0666. The second kappa shape index (κ2) is 10.5. The van der Waals surface area contributed by atoms with E-state index in [1.165, 1.54) is 11.3 Å². The fraction of sp³-hybridized carbons (Fsp3) is 0.182. The molecular weight excluding hydrogens is 421 g/mol. The van der Waals surface area contributed by atoms with Gasteiger partial charge in [-0.3, -0.25) is 9.59 Å². The number of carbonyl (C=O) groups is 2. The molecule has 0 saturated heterocycles. The van der Waals surface area contributed by atoms with Gasteiger partial charge in [-0.25, -0.2) is 0 Å². The van der Waals surface area contributed by atoms with Crippen LogP contribution in [0.2, 0.25) is 5.02 Å². The molecule has 0 aliphatic rings. The maximum absolute atomic E-state index is 13.1. The molecule has 0 bridgehead atoms. The van der Waals surface area contributed by atoms with Gasteiger partial charge in [0, 0.05) is 17.0 Å². The standard InChI is InChI=1S/C22H21BClNO4S/c24-18-8-4-7-17(12-18)19(13-20(26)16-5-2-1-3-6-16)22(27)25-21(23(28)29)11-15-9-10-30-14-15/h1-10,12,14,19,21,28-29H,11,13H2,(H,25,27)/t19-,21+/m1/s1. The Morgan fingerprint density at radius 2 is 1.83 bits per heavy atom. The number of halogens is 1. The number of rotatable bonds is 9. The summed E-state index contributed by atoms with van der Waals surface area (Å²) in [4.78, 5) is 25.9.